The summed E-state index contributed by atoms with van der Waals surface area (Å²) in [6, 6.07) is 14.1. The molecule has 35 heavy (non-hydrogen) atoms. The molecule has 1 N–H and O–H groups in total. The number of carbonyl (C=O) groups is 1. The van der Waals surface area contributed by atoms with Crippen LogP contribution in [0.4, 0.5) is 19.3 Å². The van der Waals surface area contributed by atoms with Gasteiger partial charge in [0.2, 0.25) is 0 Å². The Hall–Kier alpha value is -3.45. The number of nitrogens with zero attached hydrogens (tertiary/aromatic N) is 2. The first-order valence-corrected chi connectivity index (χ1v) is 12.7. The van der Waals surface area contributed by atoms with Crippen LogP contribution >= 0.6 is 11.3 Å². The van der Waals surface area contributed by atoms with Crippen molar-refractivity contribution in [1.29, 1.82) is 0 Å². The van der Waals surface area contributed by atoms with Crippen LogP contribution in [0, 0.1) is 18.6 Å². The number of carbonyl (C=O) groups excluding carboxylic acids is 1. The van der Waals surface area contributed by atoms with E-state index in [1.54, 1.807) is 16.2 Å². The van der Waals surface area contributed by atoms with Crippen molar-refractivity contribution in [3.63, 3.8) is 0 Å². The summed E-state index contributed by atoms with van der Waals surface area (Å²) in [5.74, 6) is -1.32. The molecule has 0 fully saturated rings. The number of nitrogens with one attached hydrogen (secondary N) is 1. The number of rotatable bonds is 2. The molecule has 6 rings (SSSR count). The molecule has 0 saturated heterocycles. The summed E-state index contributed by atoms with van der Waals surface area (Å²) in [6.45, 7) is 2.33. The maximum Gasteiger partial charge on any atom is 0.322 e. The van der Waals surface area contributed by atoms with Crippen molar-refractivity contribution < 1.29 is 13.6 Å². The summed E-state index contributed by atoms with van der Waals surface area (Å²) in [4.78, 5) is 16.9. The summed E-state index contributed by atoms with van der Waals surface area (Å²) < 4.78 is 30.8. The normalized spacial score (nSPS) is 16.8. The first-order valence-electron chi connectivity index (χ1n) is 11.9. The number of urea groups is 1. The van der Waals surface area contributed by atoms with Crippen molar-refractivity contribution in [3.05, 3.63) is 105 Å². The van der Waals surface area contributed by atoms with E-state index in [2.05, 4.69) is 9.88 Å². The second kappa shape index (κ2) is 8.64. The van der Waals surface area contributed by atoms with Gasteiger partial charge in [-0.15, -0.1) is 11.3 Å². The number of hydrogen-bond donors (Lipinski definition) is 1. The zero-order valence-electron chi connectivity index (χ0n) is 19.4. The summed E-state index contributed by atoms with van der Waals surface area (Å²) in [5.41, 5.74) is 5.41. The summed E-state index contributed by atoms with van der Waals surface area (Å²) in [6.07, 6.45) is 6.33. The molecule has 7 heteroatoms. The van der Waals surface area contributed by atoms with Crippen LogP contribution in [0.15, 0.2) is 60.8 Å². The lowest BCUT2D eigenvalue weighted by Gasteiger charge is -2.31. The molecule has 0 bridgehead atoms. The highest BCUT2D eigenvalue weighted by Crippen LogP contribution is 2.44. The Labute approximate surface area is 206 Å². The maximum atomic E-state index is 14.4. The number of thiophene rings is 1. The van der Waals surface area contributed by atoms with Crippen molar-refractivity contribution >= 4 is 23.1 Å². The Morgan fingerprint density at radius 1 is 1.00 bits per heavy atom. The number of aryl methyl sites for hydroxylation is 2. The second-order valence-electron chi connectivity index (χ2n) is 9.33. The lowest BCUT2D eigenvalue weighted by molar-refractivity contribution is 0.194. The van der Waals surface area contributed by atoms with Gasteiger partial charge in [0.1, 0.15) is 22.7 Å². The van der Waals surface area contributed by atoms with Crippen molar-refractivity contribution in [2.24, 2.45) is 0 Å². The van der Waals surface area contributed by atoms with Gasteiger partial charge in [-0.3, -0.25) is 0 Å². The van der Waals surface area contributed by atoms with Crippen molar-refractivity contribution in [1.82, 2.24) is 9.47 Å². The van der Waals surface area contributed by atoms with E-state index in [4.69, 9.17) is 0 Å². The molecule has 1 atom stereocenters. The van der Waals surface area contributed by atoms with Crippen LogP contribution < -0.4 is 5.32 Å². The van der Waals surface area contributed by atoms with Gasteiger partial charge >= 0.3 is 6.03 Å². The van der Waals surface area contributed by atoms with Gasteiger partial charge in [0.25, 0.3) is 0 Å². The Morgan fingerprint density at radius 3 is 2.60 bits per heavy atom. The lowest BCUT2D eigenvalue weighted by Crippen LogP contribution is -2.38. The van der Waals surface area contributed by atoms with Gasteiger partial charge in [0, 0.05) is 28.4 Å². The zero-order chi connectivity index (χ0) is 24.1. The zero-order valence-corrected chi connectivity index (χ0v) is 20.2. The Balaban J connectivity index is 1.52. The number of halogens is 2. The molecular formula is C28H25F2N3OS. The van der Waals surface area contributed by atoms with Crippen molar-refractivity contribution in [3.8, 4) is 5.00 Å². The average molecular weight is 490 g/mol. The molecule has 2 aliphatic rings. The molecule has 178 valence electrons. The van der Waals surface area contributed by atoms with E-state index in [9.17, 15) is 13.6 Å². The number of fused-ring (bicyclic) bond motifs is 5. The fourth-order valence-electron chi connectivity index (χ4n) is 5.39. The first-order chi connectivity index (χ1) is 17.0. The third-order valence-electron chi connectivity index (χ3n) is 6.91. The van der Waals surface area contributed by atoms with E-state index in [-0.39, 0.29) is 6.03 Å². The fourth-order valence-corrected chi connectivity index (χ4v) is 6.79. The molecule has 4 aromatic rings. The third kappa shape index (κ3) is 3.93. The van der Waals surface area contributed by atoms with Gasteiger partial charge in [-0.25, -0.2) is 13.6 Å². The molecule has 2 aromatic carbocycles. The number of benzene rings is 2. The molecule has 2 amide bonds. The van der Waals surface area contributed by atoms with Gasteiger partial charge in [-0.05, 0) is 85.7 Å². The molecule has 4 nitrogen and oxygen atoms in total. The van der Waals surface area contributed by atoms with Crippen LogP contribution in [-0.4, -0.2) is 15.5 Å². The average Bonchev–Trinajstić information content (AvgIpc) is 3.40. The van der Waals surface area contributed by atoms with E-state index in [1.165, 1.54) is 29.0 Å². The summed E-state index contributed by atoms with van der Waals surface area (Å²) >= 11 is 1.78. The fraction of sp³-hybridized carbons (Fsp3) is 0.250. The van der Waals surface area contributed by atoms with Crippen LogP contribution in [0.2, 0.25) is 0 Å². The molecule has 2 aromatic heterocycles. The maximum absolute atomic E-state index is 14.4. The minimum Gasteiger partial charge on any atom is -0.310 e. The molecule has 0 radical (unpaired) electrons. The molecule has 0 spiro atoms. The SMILES string of the molecule is Cc1cccc(NC(=O)N2Cc3c(sc4c3CCCC4)-n3cccc3[C@H]2c2cc(F)cc(F)c2)c1. The third-order valence-corrected chi connectivity index (χ3v) is 8.24. The highest BCUT2D eigenvalue weighted by molar-refractivity contribution is 7.15. The lowest BCUT2D eigenvalue weighted by atomic mass is 9.95. The molecule has 0 saturated carbocycles. The van der Waals surface area contributed by atoms with Gasteiger partial charge in [-0.1, -0.05) is 12.1 Å². The van der Waals surface area contributed by atoms with E-state index in [0.717, 1.165) is 47.2 Å². The predicted octanol–water partition coefficient (Wildman–Crippen LogP) is 7.14. The Kier molecular flexibility index (Phi) is 5.44. The van der Waals surface area contributed by atoms with Crippen LogP contribution in [0.5, 0.6) is 0 Å². The number of amides is 2. The summed E-state index contributed by atoms with van der Waals surface area (Å²) in [5, 5.41) is 4.13. The Bertz CT molecular complexity index is 1420. The minimum atomic E-state index is -0.659. The largest absolute Gasteiger partial charge is 0.322 e. The highest BCUT2D eigenvalue weighted by atomic mass is 32.1. The van der Waals surface area contributed by atoms with Gasteiger partial charge in [0.05, 0.1) is 12.2 Å². The molecule has 1 aliphatic carbocycles. The quantitative estimate of drug-likeness (QED) is 0.319. The van der Waals surface area contributed by atoms with Crippen LogP contribution in [0.25, 0.3) is 5.00 Å². The van der Waals surface area contributed by atoms with Crippen LogP contribution in [0.3, 0.4) is 0 Å². The minimum absolute atomic E-state index is 0.304. The monoisotopic (exact) mass is 489 g/mol. The van der Waals surface area contributed by atoms with E-state index in [0.29, 0.717) is 17.8 Å². The van der Waals surface area contributed by atoms with E-state index < -0.39 is 17.7 Å². The van der Waals surface area contributed by atoms with Crippen LogP contribution in [0.1, 0.15) is 51.7 Å². The molecule has 3 heterocycles. The molecule has 0 unspecified atom stereocenters. The van der Waals surface area contributed by atoms with Crippen molar-refractivity contribution in [2.45, 2.75) is 45.2 Å². The van der Waals surface area contributed by atoms with Gasteiger partial charge in [0.15, 0.2) is 0 Å². The van der Waals surface area contributed by atoms with Gasteiger partial charge < -0.3 is 14.8 Å². The smallest absolute Gasteiger partial charge is 0.310 e. The van der Waals surface area contributed by atoms with Crippen LogP contribution in [-0.2, 0) is 19.4 Å². The predicted molar refractivity (Wildman–Crippen MR) is 134 cm³/mol. The number of aromatic nitrogens is 1. The summed E-state index contributed by atoms with van der Waals surface area (Å²) in [7, 11) is 0. The highest BCUT2D eigenvalue weighted by Gasteiger charge is 2.36. The van der Waals surface area contributed by atoms with E-state index >= 15 is 0 Å². The van der Waals surface area contributed by atoms with Crippen molar-refractivity contribution in [2.75, 3.05) is 5.32 Å². The van der Waals surface area contributed by atoms with Gasteiger partial charge in [-0.2, -0.15) is 0 Å². The molecular weight excluding hydrogens is 464 g/mol. The first kappa shape index (κ1) is 22.0. The Morgan fingerprint density at radius 2 is 1.80 bits per heavy atom. The number of anilines is 1. The molecule has 1 aliphatic heterocycles. The topological polar surface area (TPSA) is 37.3 Å². The second-order valence-corrected chi connectivity index (χ2v) is 10.4. The standard InChI is InChI=1S/C28H25F2N3OS/c1-17-6-4-7-21(12-17)31-28(34)33-16-23-22-8-2-3-10-25(22)35-27(23)32-11-5-9-24(32)26(33)18-13-19(29)15-20(30)14-18/h4-7,9,11-15,26H,2-3,8,10,16H2,1H3,(H,31,34)/t26-/m1/s1. The number of hydrogen-bond acceptors (Lipinski definition) is 2. The van der Waals surface area contributed by atoms with E-state index in [1.807, 2.05) is 49.5 Å².